The molecule has 3 rings (SSSR count). The third kappa shape index (κ3) is 5.87. The lowest BCUT2D eigenvalue weighted by atomic mass is 9.96. The summed E-state index contributed by atoms with van der Waals surface area (Å²) in [5, 5.41) is 0. The lowest BCUT2D eigenvalue weighted by Crippen LogP contribution is -1.96. The van der Waals surface area contributed by atoms with Gasteiger partial charge in [-0.1, -0.05) is 49.1 Å². The Kier molecular flexibility index (Phi) is 7.91. The first-order valence-corrected chi connectivity index (χ1v) is 10.3. The van der Waals surface area contributed by atoms with Crippen molar-refractivity contribution in [2.24, 2.45) is 11.5 Å². The molecule has 4 heteroatoms. The van der Waals surface area contributed by atoms with Gasteiger partial charge in [0.1, 0.15) is 0 Å². The van der Waals surface area contributed by atoms with Crippen LogP contribution in [0.2, 0.25) is 0 Å². The van der Waals surface area contributed by atoms with Crippen molar-refractivity contribution in [2.75, 3.05) is 13.1 Å². The van der Waals surface area contributed by atoms with Crippen LogP contribution in [0.3, 0.4) is 0 Å². The van der Waals surface area contributed by atoms with Crippen molar-refractivity contribution >= 4 is 0 Å². The molecule has 2 heterocycles. The summed E-state index contributed by atoms with van der Waals surface area (Å²) in [5.41, 5.74) is 17.5. The zero-order valence-electron chi connectivity index (χ0n) is 17.4. The molecule has 0 amide bonds. The Morgan fingerprint density at radius 2 is 1.63 bits per heavy atom. The quantitative estimate of drug-likeness (QED) is 0.455. The first kappa shape index (κ1) is 21.4. The van der Waals surface area contributed by atoms with Crippen molar-refractivity contribution in [3.8, 4) is 34.1 Å². The SMILES string of the molecule is CC(/C=C/CCN)c1cncc(-c2cccc(-c3cncc(C#CCCN)c3)c2)c1. The molecule has 0 aliphatic carbocycles. The molecule has 2 aromatic heterocycles. The van der Waals surface area contributed by atoms with Gasteiger partial charge in [-0.25, -0.2) is 0 Å². The minimum atomic E-state index is 0.292. The summed E-state index contributed by atoms with van der Waals surface area (Å²) in [6.45, 7) is 3.41. The molecule has 1 aromatic carbocycles. The number of nitrogens with zero attached hydrogens (tertiary/aromatic N) is 2. The van der Waals surface area contributed by atoms with Crippen molar-refractivity contribution in [1.82, 2.24) is 9.97 Å². The summed E-state index contributed by atoms with van der Waals surface area (Å²) >= 11 is 0. The van der Waals surface area contributed by atoms with E-state index in [1.54, 1.807) is 6.20 Å². The van der Waals surface area contributed by atoms with Crippen LogP contribution < -0.4 is 11.5 Å². The number of allylic oxidation sites excluding steroid dienone is 1. The highest BCUT2D eigenvalue weighted by Gasteiger charge is 2.07. The van der Waals surface area contributed by atoms with Crippen molar-refractivity contribution in [3.63, 3.8) is 0 Å². The van der Waals surface area contributed by atoms with Crippen LogP contribution in [0.4, 0.5) is 0 Å². The van der Waals surface area contributed by atoms with Gasteiger partial charge in [0.2, 0.25) is 0 Å². The van der Waals surface area contributed by atoms with E-state index in [-0.39, 0.29) is 0 Å². The number of rotatable bonds is 7. The average Bonchev–Trinajstić information content (AvgIpc) is 2.80. The van der Waals surface area contributed by atoms with E-state index in [1.807, 2.05) is 18.6 Å². The Morgan fingerprint density at radius 1 is 0.900 bits per heavy atom. The predicted octanol–water partition coefficient (Wildman–Crippen LogP) is 4.52. The third-order valence-electron chi connectivity index (χ3n) is 4.81. The van der Waals surface area contributed by atoms with E-state index in [0.29, 0.717) is 25.4 Å². The van der Waals surface area contributed by atoms with Crippen LogP contribution in [0.1, 0.15) is 36.8 Å². The van der Waals surface area contributed by atoms with E-state index >= 15 is 0 Å². The summed E-state index contributed by atoms with van der Waals surface area (Å²) in [4.78, 5) is 8.82. The van der Waals surface area contributed by atoms with Gasteiger partial charge in [-0.05, 0) is 47.9 Å². The summed E-state index contributed by atoms with van der Waals surface area (Å²) in [7, 11) is 0. The van der Waals surface area contributed by atoms with Crippen molar-refractivity contribution in [2.45, 2.75) is 25.7 Å². The van der Waals surface area contributed by atoms with Gasteiger partial charge in [-0.2, -0.15) is 0 Å². The van der Waals surface area contributed by atoms with E-state index in [4.69, 9.17) is 11.5 Å². The Hall–Kier alpha value is -3.26. The molecule has 0 aliphatic rings. The molecule has 0 saturated carbocycles. The summed E-state index contributed by atoms with van der Waals surface area (Å²) < 4.78 is 0. The van der Waals surface area contributed by atoms with Gasteiger partial charge in [0.05, 0.1) is 0 Å². The van der Waals surface area contributed by atoms with Gasteiger partial charge in [-0.15, -0.1) is 0 Å². The lowest BCUT2D eigenvalue weighted by molar-refractivity contribution is 0.930. The van der Waals surface area contributed by atoms with Gasteiger partial charge in [0.15, 0.2) is 0 Å². The number of aromatic nitrogens is 2. The molecule has 3 aromatic rings. The highest BCUT2D eigenvalue weighted by molar-refractivity contribution is 5.73. The summed E-state index contributed by atoms with van der Waals surface area (Å²) in [6.07, 6.45) is 13.4. The maximum Gasteiger partial charge on any atom is 0.0434 e. The van der Waals surface area contributed by atoms with Gasteiger partial charge in [0, 0.05) is 60.4 Å². The second kappa shape index (κ2) is 11.1. The molecule has 1 unspecified atom stereocenters. The fourth-order valence-corrected chi connectivity index (χ4v) is 3.15. The van der Waals surface area contributed by atoms with Gasteiger partial charge < -0.3 is 11.5 Å². The smallest absolute Gasteiger partial charge is 0.0434 e. The standard InChI is InChI=1S/C26H28N4/c1-20(7-2-4-11-27)24-15-26(19-30-17-24)23-10-6-9-22(14-23)25-13-21(16-29-18-25)8-3-5-12-28/h2,6-7,9-10,13-20H,4-5,11-12,27-28H2,1H3/b7-2+. The van der Waals surface area contributed by atoms with Crippen LogP contribution in [0.25, 0.3) is 22.3 Å². The number of benzene rings is 1. The molecule has 0 aliphatic heterocycles. The molecule has 0 spiro atoms. The fourth-order valence-electron chi connectivity index (χ4n) is 3.15. The van der Waals surface area contributed by atoms with Crippen LogP contribution in [0.15, 0.2) is 73.3 Å². The zero-order chi connectivity index (χ0) is 21.2. The molecule has 0 bridgehead atoms. The van der Waals surface area contributed by atoms with Crippen molar-refractivity contribution < 1.29 is 0 Å². The minimum Gasteiger partial charge on any atom is -0.330 e. The highest BCUT2D eigenvalue weighted by atomic mass is 14.6. The largest absolute Gasteiger partial charge is 0.330 e. The van der Waals surface area contributed by atoms with Gasteiger partial charge in [-0.3, -0.25) is 9.97 Å². The zero-order valence-corrected chi connectivity index (χ0v) is 17.4. The van der Waals surface area contributed by atoms with E-state index in [0.717, 1.165) is 34.2 Å². The van der Waals surface area contributed by atoms with Crippen molar-refractivity contribution in [3.05, 3.63) is 84.5 Å². The second-order valence-electron chi connectivity index (χ2n) is 7.18. The predicted molar refractivity (Wildman–Crippen MR) is 125 cm³/mol. The Balaban J connectivity index is 1.87. The van der Waals surface area contributed by atoms with Gasteiger partial charge >= 0.3 is 0 Å². The number of nitrogens with two attached hydrogens (primary N) is 2. The summed E-state index contributed by atoms with van der Waals surface area (Å²) in [6, 6.07) is 12.7. The average molecular weight is 397 g/mol. The Morgan fingerprint density at radius 3 is 2.37 bits per heavy atom. The maximum atomic E-state index is 5.57. The fraction of sp³-hybridized carbons (Fsp3) is 0.231. The number of hydrogen-bond donors (Lipinski definition) is 2. The van der Waals surface area contributed by atoms with Gasteiger partial charge in [0.25, 0.3) is 0 Å². The van der Waals surface area contributed by atoms with E-state index in [2.05, 4.69) is 77.3 Å². The van der Waals surface area contributed by atoms with E-state index in [1.165, 1.54) is 5.56 Å². The van der Waals surface area contributed by atoms with Crippen LogP contribution in [-0.4, -0.2) is 23.1 Å². The molecule has 0 radical (unpaired) electrons. The molecular formula is C26H28N4. The monoisotopic (exact) mass is 396 g/mol. The number of pyridine rings is 2. The summed E-state index contributed by atoms with van der Waals surface area (Å²) in [5.74, 6) is 6.48. The molecule has 152 valence electrons. The first-order valence-electron chi connectivity index (χ1n) is 10.3. The Labute approximate surface area is 179 Å². The van der Waals surface area contributed by atoms with Crippen LogP contribution in [0.5, 0.6) is 0 Å². The second-order valence-corrected chi connectivity index (χ2v) is 7.18. The molecule has 4 nitrogen and oxygen atoms in total. The van der Waals surface area contributed by atoms with Crippen LogP contribution in [0, 0.1) is 11.8 Å². The molecule has 0 fully saturated rings. The molecule has 0 saturated heterocycles. The molecule has 30 heavy (non-hydrogen) atoms. The first-order chi connectivity index (χ1) is 14.7. The maximum absolute atomic E-state index is 5.57. The van der Waals surface area contributed by atoms with Crippen LogP contribution in [-0.2, 0) is 0 Å². The van der Waals surface area contributed by atoms with E-state index in [9.17, 15) is 0 Å². The molecular weight excluding hydrogens is 368 g/mol. The topological polar surface area (TPSA) is 77.8 Å². The Bertz CT molecular complexity index is 1060. The normalized spacial score (nSPS) is 11.8. The molecule has 1 atom stereocenters. The molecule has 4 N–H and O–H groups in total. The van der Waals surface area contributed by atoms with Crippen LogP contribution >= 0.6 is 0 Å². The third-order valence-corrected chi connectivity index (χ3v) is 4.81. The number of hydrogen-bond acceptors (Lipinski definition) is 4. The minimum absolute atomic E-state index is 0.292. The highest BCUT2D eigenvalue weighted by Crippen LogP contribution is 2.28. The lowest BCUT2D eigenvalue weighted by Gasteiger charge is -2.10. The van der Waals surface area contributed by atoms with E-state index < -0.39 is 0 Å². The van der Waals surface area contributed by atoms with Crippen molar-refractivity contribution in [1.29, 1.82) is 0 Å².